The molecule has 7 heteroatoms. The zero-order valence-electron chi connectivity index (χ0n) is 17.1. The van der Waals surface area contributed by atoms with E-state index in [4.69, 9.17) is 12.2 Å². The normalized spacial score (nSPS) is 12.3. The highest BCUT2D eigenvalue weighted by atomic mass is 32.1. The average Bonchev–Trinajstić information content (AvgIpc) is 3.35. The van der Waals surface area contributed by atoms with Crippen molar-refractivity contribution in [2.24, 2.45) is 5.92 Å². The van der Waals surface area contributed by atoms with E-state index in [1.54, 1.807) is 15.9 Å². The van der Waals surface area contributed by atoms with Gasteiger partial charge >= 0.3 is 0 Å². The highest BCUT2D eigenvalue weighted by Crippen LogP contribution is 2.24. The van der Waals surface area contributed by atoms with E-state index in [1.165, 1.54) is 18.4 Å². The lowest BCUT2D eigenvalue weighted by Crippen LogP contribution is -2.34. The Morgan fingerprint density at radius 2 is 2.03 bits per heavy atom. The Morgan fingerprint density at radius 1 is 1.28 bits per heavy atom. The van der Waals surface area contributed by atoms with Crippen molar-refractivity contribution < 1.29 is 4.79 Å². The number of hydrogen-bond acceptors (Lipinski definition) is 4. The Kier molecular flexibility index (Phi) is 7.39. The summed E-state index contributed by atoms with van der Waals surface area (Å²) < 4.78 is 2.20. The number of unbranched alkanes of at least 4 members (excludes halogenated alkanes) is 1. The topological polar surface area (TPSA) is 62.7 Å². The van der Waals surface area contributed by atoms with E-state index in [2.05, 4.69) is 60.6 Å². The molecule has 29 heavy (non-hydrogen) atoms. The molecule has 1 amide bonds. The number of aromatic amines is 1. The maximum Gasteiger partial charge on any atom is 0.240 e. The molecular formula is C22H28N4OS2. The summed E-state index contributed by atoms with van der Waals surface area (Å²) in [7, 11) is 0. The molecule has 3 rings (SSSR count). The number of benzene rings is 1. The third-order valence-corrected chi connectivity index (χ3v) is 6.12. The van der Waals surface area contributed by atoms with Gasteiger partial charge in [0.1, 0.15) is 6.54 Å². The van der Waals surface area contributed by atoms with Crippen LogP contribution in [0.25, 0.3) is 10.7 Å². The van der Waals surface area contributed by atoms with Crippen LogP contribution in [0.2, 0.25) is 0 Å². The van der Waals surface area contributed by atoms with Crippen LogP contribution in [-0.4, -0.2) is 20.7 Å². The van der Waals surface area contributed by atoms with Crippen molar-refractivity contribution in [2.75, 3.05) is 0 Å². The van der Waals surface area contributed by atoms with Crippen molar-refractivity contribution in [3.8, 4) is 10.7 Å². The Bertz CT molecular complexity index is 971. The second-order valence-corrected chi connectivity index (χ2v) is 8.88. The molecule has 0 fully saturated rings. The lowest BCUT2D eigenvalue weighted by atomic mass is 9.94. The fourth-order valence-corrected chi connectivity index (χ4v) is 4.25. The molecule has 0 saturated heterocycles. The number of rotatable bonds is 9. The lowest BCUT2D eigenvalue weighted by molar-refractivity contribution is -0.122. The molecule has 0 spiro atoms. The van der Waals surface area contributed by atoms with Gasteiger partial charge in [-0.3, -0.25) is 14.5 Å². The van der Waals surface area contributed by atoms with Crippen LogP contribution in [0.1, 0.15) is 50.8 Å². The molecule has 0 saturated carbocycles. The number of carbonyl (C=O) groups excluding carboxylic acids is 1. The summed E-state index contributed by atoms with van der Waals surface area (Å²) in [5.41, 5.74) is 2.47. The minimum atomic E-state index is -0.0749. The van der Waals surface area contributed by atoms with Gasteiger partial charge in [0.25, 0.3) is 0 Å². The predicted molar refractivity (Wildman–Crippen MR) is 122 cm³/mol. The largest absolute Gasteiger partial charge is 0.347 e. The first-order valence-corrected chi connectivity index (χ1v) is 11.4. The van der Waals surface area contributed by atoms with Gasteiger partial charge in [-0.05, 0) is 53.6 Å². The average molecular weight is 429 g/mol. The highest BCUT2D eigenvalue weighted by molar-refractivity contribution is 7.71. The number of thiophene rings is 1. The van der Waals surface area contributed by atoms with Crippen molar-refractivity contribution in [3.05, 3.63) is 57.7 Å². The quantitative estimate of drug-likeness (QED) is 0.441. The summed E-state index contributed by atoms with van der Waals surface area (Å²) in [5.74, 6) is 0.894. The predicted octanol–water partition coefficient (Wildman–Crippen LogP) is 5.53. The zero-order chi connectivity index (χ0) is 20.8. The van der Waals surface area contributed by atoms with Crippen LogP contribution in [-0.2, 0) is 17.8 Å². The van der Waals surface area contributed by atoms with Crippen LogP contribution in [0.15, 0.2) is 41.8 Å². The second kappa shape index (κ2) is 9.98. The summed E-state index contributed by atoms with van der Waals surface area (Å²) in [4.78, 5) is 13.8. The standard InChI is InChI=1S/C22H28N4OS2/c1-4-5-7-16-9-11-17(12-10-16)20(15(2)3)23-19(27)14-26-21(24-25-22(26)28)18-8-6-13-29-18/h6,8-13,15,20H,4-5,7,14H2,1-3H3,(H,23,27)(H,25,28). The fraction of sp³-hybridized carbons (Fsp3) is 0.409. The third-order valence-electron chi connectivity index (χ3n) is 4.94. The van der Waals surface area contributed by atoms with Crippen LogP contribution in [0.3, 0.4) is 0 Å². The molecule has 1 unspecified atom stereocenters. The van der Waals surface area contributed by atoms with Crippen molar-refractivity contribution in [2.45, 2.75) is 52.6 Å². The Balaban J connectivity index is 1.73. The smallest absolute Gasteiger partial charge is 0.240 e. The van der Waals surface area contributed by atoms with Crippen LogP contribution in [0.5, 0.6) is 0 Å². The second-order valence-electron chi connectivity index (χ2n) is 7.55. The van der Waals surface area contributed by atoms with Gasteiger partial charge in [0.2, 0.25) is 5.91 Å². The van der Waals surface area contributed by atoms with E-state index in [0.29, 0.717) is 10.6 Å². The molecule has 2 N–H and O–H groups in total. The number of carbonyl (C=O) groups is 1. The van der Waals surface area contributed by atoms with E-state index < -0.39 is 0 Å². The van der Waals surface area contributed by atoms with E-state index in [0.717, 1.165) is 16.9 Å². The molecule has 5 nitrogen and oxygen atoms in total. The van der Waals surface area contributed by atoms with Gasteiger partial charge in [-0.25, -0.2) is 0 Å². The molecule has 3 aromatic rings. The van der Waals surface area contributed by atoms with Gasteiger partial charge < -0.3 is 5.32 Å². The van der Waals surface area contributed by atoms with Gasteiger partial charge in [0, 0.05) is 0 Å². The number of aromatic nitrogens is 3. The SMILES string of the molecule is CCCCc1ccc(C(NC(=O)Cn2c(-c3cccs3)n[nH]c2=S)C(C)C)cc1. The molecule has 1 atom stereocenters. The molecule has 0 aliphatic carbocycles. The molecule has 0 radical (unpaired) electrons. The van der Waals surface area contributed by atoms with E-state index in [9.17, 15) is 4.79 Å². The van der Waals surface area contributed by atoms with Crippen molar-refractivity contribution in [3.63, 3.8) is 0 Å². The minimum absolute atomic E-state index is 0.0472. The van der Waals surface area contributed by atoms with Gasteiger partial charge in [-0.1, -0.05) is 57.5 Å². The van der Waals surface area contributed by atoms with Crippen molar-refractivity contribution in [1.29, 1.82) is 0 Å². The first-order valence-electron chi connectivity index (χ1n) is 10.1. The number of nitrogens with one attached hydrogen (secondary N) is 2. The molecule has 0 aliphatic rings. The van der Waals surface area contributed by atoms with Crippen molar-refractivity contribution in [1.82, 2.24) is 20.1 Å². The summed E-state index contributed by atoms with van der Waals surface area (Å²) in [6.45, 7) is 6.59. The van der Waals surface area contributed by atoms with Crippen molar-refractivity contribution >= 4 is 29.5 Å². The number of nitrogens with zero attached hydrogens (tertiary/aromatic N) is 2. The van der Waals surface area contributed by atoms with E-state index in [1.807, 2.05) is 17.5 Å². The van der Waals surface area contributed by atoms with Gasteiger partial charge in [-0.2, -0.15) is 5.10 Å². The maximum absolute atomic E-state index is 12.9. The zero-order valence-corrected chi connectivity index (χ0v) is 18.8. The van der Waals surface area contributed by atoms with Gasteiger partial charge in [-0.15, -0.1) is 11.3 Å². The lowest BCUT2D eigenvalue weighted by Gasteiger charge is -2.23. The molecular weight excluding hydrogens is 400 g/mol. The van der Waals surface area contributed by atoms with Gasteiger partial charge in [0.15, 0.2) is 10.6 Å². The molecule has 154 valence electrons. The minimum Gasteiger partial charge on any atom is -0.347 e. The Morgan fingerprint density at radius 3 is 2.66 bits per heavy atom. The van der Waals surface area contributed by atoms with E-state index in [-0.39, 0.29) is 24.4 Å². The summed E-state index contributed by atoms with van der Waals surface area (Å²) in [6, 6.07) is 12.5. The highest BCUT2D eigenvalue weighted by Gasteiger charge is 2.20. The Labute approximate surface area is 181 Å². The van der Waals surface area contributed by atoms with Crippen LogP contribution in [0.4, 0.5) is 0 Å². The molecule has 0 aliphatic heterocycles. The summed E-state index contributed by atoms with van der Waals surface area (Å²) >= 11 is 6.91. The molecule has 2 aromatic heterocycles. The first kappa shape index (κ1) is 21.5. The maximum atomic E-state index is 12.9. The Hall–Kier alpha value is -2.25. The monoisotopic (exact) mass is 428 g/mol. The summed E-state index contributed by atoms with van der Waals surface area (Å²) in [6.07, 6.45) is 3.48. The number of hydrogen-bond donors (Lipinski definition) is 2. The summed E-state index contributed by atoms with van der Waals surface area (Å²) in [5, 5.41) is 12.3. The molecule has 2 heterocycles. The number of aryl methyl sites for hydroxylation is 1. The molecule has 0 bridgehead atoms. The van der Waals surface area contributed by atoms with Crippen LogP contribution >= 0.6 is 23.6 Å². The molecule has 1 aromatic carbocycles. The van der Waals surface area contributed by atoms with Crippen LogP contribution in [0, 0.1) is 10.7 Å². The van der Waals surface area contributed by atoms with E-state index >= 15 is 0 Å². The first-order chi connectivity index (χ1) is 14.0. The van der Waals surface area contributed by atoms with Crippen LogP contribution < -0.4 is 5.32 Å². The number of H-pyrrole nitrogens is 1. The third kappa shape index (κ3) is 5.42. The van der Waals surface area contributed by atoms with Gasteiger partial charge in [0.05, 0.1) is 10.9 Å². The fourth-order valence-electron chi connectivity index (χ4n) is 3.33. The number of amides is 1.